The number of guanidine groups is 1. The van der Waals surface area contributed by atoms with Crippen LogP contribution < -0.4 is 10.6 Å². The highest BCUT2D eigenvalue weighted by molar-refractivity contribution is 9.10. The number of halogens is 2. The zero-order valence-corrected chi connectivity index (χ0v) is 13.3. The maximum Gasteiger partial charge on any atom is 0.256 e. The van der Waals surface area contributed by atoms with E-state index in [9.17, 15) is 4.79 Å². The molecule has 1 aliphatic rings. The Bertz CT molecular complexity index is 551. The summed E-state index contributed by atoms with van der Waals surface area (Å²) in [6, 6.07) is 4.76. The van der Waals surface area contributed by atoms with Gasteiger partial charge in [0.05, 0.1) is 0 Å². The number of aliphatic imine (C=N–C) groups is 1. The summed E-state index contributed by atoms with van der Waals surface area (Å²) in [4.78, 5) is 16.4. The maximum absolute atomic E-state index is 12.0. The molecule has 0 aliphatic carbocycles. The van der Waals surface area contributed by atoms with Crippen molar-refractivity contribution in [2.45, 2.75) is 32.4 Å². The van der Waals surface area contributed by atoms with Gasteiger partial charge in [0.15, 0.2) is 12.0 Å². The van der Waals surface area contributed by atoms with Crippen molar-refractivity contribution < 1.29 is 4.79 Å². The van der Waals surface area contributed by atoms with E-state index in [1.54, 1.807) is 12.1 Å². The zero-order chi connectivity index (χ0) is 14.2. The molecule has 6 heteroatoms. The number of benzene rings is 1. The van der Waals surface area contributed by atoms with Crippen molar-refractivity contribution in [3.05, 3.63) is 33.3 Å². The minimum atomic E-state index is -0.571. The van der Waals surface area contributed by atoms with E-state index in [4.69, 9.17) is 11.6 Å². The highest BCUT2D eigenvalue weighted by Gasteiger charge is 2.30. The quantitative estimate of drug-likeness (QED) is 0.823. The van der Waals surface area contributed by atoms with Crippen LogP contribution in [0.1, 0.15) is 32.4 Å². The summed E-state index contributed by atoms with van der Waals surface area (Å²) < 4.78 is 0.817. The van der Waals surface area contributed by atoms with E-state index in [2.05, 4.69) is 31.6 Å². The van der Waals surface area contributed by atoms with Gasteiger partial charge in [-0.05, 0) is 39.0 Å². The van der Waals surface area contributed by atoms with Gasteiger partial charge < -0.3 is 5.32 Å². The molecule has 1 aromatic rings. The first-order valence-electron chi connectivity index (χ1n) is 5.88. The second kappa shape index (κ2) is 5.13. The standard InChI is InChI=1S/C13H15BrClN3O/c1-13(2,3)18-12-16-10(11(19)17-12)8-6-7(15)4-5-9(8)14/h4-6,10H,1-3H3,(H2,16,17,18,19). The van der Waals surface area contributed by atoms with Crippen LogP contribution in [-0.2, 0) is 4.79 Å². The molecule has 0 saturated carbocycles. The highest BCUT2D eigenvalue weighted by Crippen LogP contribution is 2.30. The molecule has 2 rings (SSSR count). The minimum absolute atomic E-state index is 0.158. The summed E-state index contributed by atoms with van der Waals surface area (Å²) in [7, 11) is 0. The zero-order valence-electron chi connectivity index (χ0n) is 10.9. The number of hydrogen-bond donors (Lipinski definition) is 2. The fourth-order valence-electron chi connectivity index (χ4n) is 1.76. The Morgan fingerprint density at radius 2 is 2.11 bits per heavy atom. The molecule has 0 bridgehead atoms. The first-order valence-corrected chi connectivity index (χ1v) is 7.05. The average molecular weight is 345 g/mol. The Kier molecular flexibility index (Phi) is 3.87. The number of nitrogens with zero attached hydrogens (tertiary/aromatic N) is 1. The summed E-state index contributed by atoms with van der Waals surface area (Å²) in [5.74, 6) is 0.337. The number of nitrogens with one attached hydrogen (secondary N) is 2. The predicted octanol–water partition coefficient (Wildman–Crippen LogP) is 3.02. The molecule has 1 aliphatic heterocycles. The largest absolute Gasteiger partial charge is 0.351 e. The summed E-state index contributed by atoms with van der Waals surface area (Å²) >= 11 is 9.39. The second-order valence-corrected chi connectivity index (χ2v) is 6.70. The van der Waals surface area contributed by atoms with Gasteiger partial charge in [-0.2, -0.15) is 0 Å². The van der Waals surface area contributed by atoms with Crippen LogP contribution in [0.5, 0.6) is 0 Å². The lowest BCUT2D eigenvalue weighted by molar-refractivity contribution is -0.120. The monoisotopic (exact) mass is 343 g/mol. The van der Waals surface area contributed by atoms with Crippen LogP contribution in [0.15, 0.2) is 27.7 Å². The van der Waals surface area contributed by atoms with Crippen LogP contribution in [-0.4, -0.2) is 17.4 Å². The molecule has 0 saturated heterocycles. The van der Waals surface area contributed by atoms with Gasteiger partial charge in [-0.15, -0.1) is 0 Å². The Balaban J connectivity index is 2.30. The number of carbonyl (C=O) groups is 1. The van der Waals surface area contributed by atoms with E-state index in [1.165, 1.54) is 0 Å². The highest BCUT2D eigenvalue weighted by atomic mass is 79.9. The lowest BCUT2D eigenvalue weighted by Crippen LogP contribution is -2.46. The Hall–Kier alpha value is -1.07. The molecule has 1 atom stereocenters. The third kappa shape index (κ3) is 3.48. The number of amides is 1. The minimum Gasteiger partial charge on any atom is -0.351 e. The third-order valence-corrected chi connectivity index (χ3v) is 3.45. The van der Waals surface area contributed by atoms with Gasteiger partial charge in [0, 0.05) is 20.6 Å². The third-order valence-electron chi connectivity index (χ3n) is 2.49. The van der Waals surface area contributed by atoms with Crippen molar-refractivity contribution in [1.29, 1.82) is 0 Å². The smallest absolute Gasteiger partial charge is 0.256 e. The second-order valence-electron chi connectivity index (χ2n) is 5.41. The van der Waals surface area contributed by atoms with Crippen molar-refractivity contribution >= 4 is 39.4 Å². The van der Waals surface area contributed by atoms with Gasteiger partial charge in [-0.1, -0.05) is 27.5 Å². The normalized spacial score (nSPS) is 19.1. The van der Waals surface area contributed by atoms with Gasteiger partial charge >= 0.3 is 0 Å². The van der Waals surface area contributed by atoms with Gasteiger partial charge in [0.1, 0.15) is 0 Å². The lowest BCUT2D eigenvalue weighted by Gasteiger charge is -2.21. The summed E-state index contributed by atoms with van der Waals surface area (Å²) in [5.41, 5.74) is 0.600. The molecule has 1 heterocycles. The Labute approximate surface area is 125 Å². The van der Waals surface area contributed by atoms with Crippen molar-refractivity contribution in [3.8, 4) is 0 Å². The van der Waals surface area contributed by atoms with Crippen LogP contribution in [0.25, 0.3) is 0 Å². The molecule has 1 aromatic carbocycles. The van der Waals surface area contributed by atoms with Crippen LogP contribution in [0.2, 0.25) is 5.02 Å². The molecule has 19 heavy (non-hydrogen) atoms. The van der Waals surface area contributed by atoms with Gasteiger partial charge in [0.2, 0.25) is 0 Å². The molecule has 1 unspecified atom stereocenters. The molecule has 102 valence electrons. The van der Waals surface area contributed by atoms with E-state index in [0.717, 1.165) is 10.0 Å². The predicted molar refractivity (Wildman–Crippen MR) is 80.4 cm³/mol. The van der Waals surface area contributed by atoms with E-state index < -0.39 is 6.04 Å². The lowest BCUT2D eigenvalue weighted by atomic mass is 10.1. The summed E-state index contributed by atoms with van der Waals surface area (Å²) in [6.07, 6.45) is 0. The molecule has 4 nitrogen and oxygen atoms in total. The Morgan fingerprint density at radius 3 is 2.74 bits per heavy atom. The van der Waals surface area contributed by atoms with E-state index >= 15 is 0 Å². The van der Waals surface area contributed by atoms with Crippen LogP contribution in [0.4, 0.5) is 0 Å². The summed E-state index contributed by atoms with van der Waals surface area (Å²) in [6.45, 7) is 6.01. The van der Waals surface area contributed by atoms with Crippen molar-refractivity contribution in [2.24, 2.45) is 4.99 Å². The van der Waals surface area contributed by atoms with E-state index in [-0.39, 0.29) is 11.4 Å². The first-order chi connectivity index (χ1) is 8.76. The van der Waals surface area contributed by atoms with Crippen molar-refractivity contribution in [3.63, 3.8) is 0 Å². The Morgan fingerprint density at radius 1 is 1.42 bits per heavy atom. The first kappa shape index (κ1) is 14.3. The van der Waals surface area contributed by atoms with Crippen molar-refractivity contribution in [2.75, 3.05) is 0 Å². The molecular formula is C13H15BrClN3O. The summed E-state index contributed by atoms with van der Waals surface area (Å²) in [5, 5.41) is 6.48. The number of carbonyl (C=O) groups excluding carboxylic acids is 1. The van der Waals surface area contributed by atoms with Crippen LogP contribution >= 0.6 is 27.5 Å². The van der Waals surface area contributed by atoms with Gasteiger partial charge in [-0.3, -0.25) is 10.1 Å². The molecule has 0 radical (unpaired) electrons. The van der Waals surface area contributed by atoms with E-state index in [1.807, 2.05) is 26.8 Å². The fourth-order valence-corrected chi connectivity index (χ4v) is 2.40. The van der Waals surface area contributed by atoms with Crippen LogP contribution in [0, 0.1) is 0 Å². The van der Waals surface area contributed by atoms with E-state index in [0.29, 0.717) is 11.0 Å². The molecular weight excluding hydrogens is 330 g/mol. The van der Waals surface area contributed by atoms with Gasteiger partial charge in [-0.25, -0.2) is 4.99 Å². The average Bonchev–Trinajstić information content (AvgIpc) is 2.60. The molecule has 1 amide bonds. The molecule has 0 spiro atoms. The maximum atomic E-state index is 12.0. The molecule has 0 fully saturated rings. The molecule has 2 N–H and O–H groups in total. The van der Waals surface area contributed by atoms with Gasteiger partial charge in [0.25, 0.3) is 5.91 Å². The molecule has 0 aromatic heterocycles. The number of rotatable bonds is 1. The number of hydrogen-bond acceptors (Lipinski definition) is 3. The topological polar surface area (TPSA) is 53.5 Å². The van der Waals surface area contributed by atoms with Crippen LogP contribution in [0.3, 0.4) is 0 Å². The SMILES string of the molecule is CC(C)(C)NC1=NC(c2cc(Cl)ccc2Br)C(=O)N1. The fraction of sp³-hybridized carbons (Fsp3) is 0.385. The van der Waals surface area contributed by atoms with Crippen molar-refractivity contribution in [1.82, 2.24) is 10.6 Å².